The minimum atomic E-state index is -3.55. The second-order valence-electron chi connectivity index (χ2n) is 8.95. The van der Waals surface area contributed by atoms with E-state index in [0.717, 1.165) is 17.0 Å². The zero-order valence-corrected chi connectivity index (χ0v) is 22.3. The van der Waals surface area contributed by atoms with E-state index < -0.39 is 23.7 Å². The van der Waals surface area contributed by atoms with Gasteiger partial charge in [-0.15, -0.1) is 11.3 Å². The number of hydrogen-bond donors (Lipinski definition) is 1. The third kappa shape index (κ3) is 7.54. The standard InChI is InChI=1S/C25H29Cl2F2NO5S/c1-15(2)35-23(32)21-7-6-20(36-21)4-3-10-30-19(9-11-34-24(30)33)5-8-22(31)25(28,29)16-12-17(26)14-18(27)13-16/h6-7,12-15,19,22,31H,3-5,8-11H2,1-2H3/t19-,22+/m0/s1. The van der Waals surface area contributed by atoms with Crippen LogP contribution in [-0.2, 0) is 21.8 Å². The van der Waals surface area contributed by atoms with E-state index in [4.69, 9.17) is 32.7 Å². The molecule has 0 saturated carbocycles. The molecule has 198 valence electrons. The summed E-state index contributed by atoms with van der Waals surface area (Å²) < 4.78 is 40.1. The van der Waals surface area contributed by atoms with Gasteiger partial charge in [-0.05, 0) is 69.9 Å². The summed E-state index contributed by atoms with van der Waals surface area (Å²) in [5, 5.41) is 10.4. The largest absolute Gasteiger partial charge is 0.459 e. The number of carbonyl (C=O) groups excluding carboxylic acids is 2. The van der Waals surface area contributed by atoms with Crippen molar-refractivity contribution >= 4 is 46.6 Å². The van der Waals surface area contributed by atoms with Crippen LogP contribution in [0.4, 0.5) is 13.6 Å². The maximum absolute atomic E-state index is 14.9. The first-order valence-corrected chi connectivity index (χ1v) is 13.3. The van der Waals surface area contributed by atoms with Crippen molar-refractivity contribution in [3.63, 3.8) is 0 Å². The molecule has 6 nitrogen and oxygen atoms in total. The number of alkyl halides is 2. The lowest BCUT2D eigenvalue weighted by molar-refractivity contribution is -0.120. The summed E-state index contributed by atoms with van der Waals surface area (Å²) in [4.78, 5) is 27.4. The number of carbonyl (C=O) groups is 2. The van der Waals surface area contributed by atoms with Crippen LogP contribution in [-0.4, -0.2) is 53.5 Å². The molecule has 1 aliphatic heterocycles. The minimum absolute atomic E-state index is 0.0558. The van der Waals surface area contributed by atoms with Crippen molar-refractivity contribution in [2.75, 3.05) is 13.2 Å². The predicted octanol–water partition coefficient (Wildman–Crippen LogP) is 6.70. The summed E-state index contributed by atoms with van der Waals surface area (Å²) >= 11 is 13.0. The Balaban J connectivity index is 1.55. The molecule has 1 N–H and O–H groups in total. The lowest BCUT2D eigenvalue weighted by atomic mass is 9.96. The fraction of sp³-hybridized carbons (Fsp3) is 0.520. The zero-order chi connectivity index (χ0) is 26.5. The number of halogens is 4. The molecule has 2 atom stereocenters. The number of cyclic esters (lactones) is 1. The molecular weight excluding hydrogens is 535 g/mol. The number of aliphatic hydroxyl groups is 1. The van der Waals surface area contributed by atoms with Crippen LogP contribution in [0.3, 0.4) is 0 Å². The Morgan fingerprint density at radius 2 is 1.97 bits per heavy atom. The van der Waals surface area contributed by atoms with Gasteiger partial charge >= 0.3 is 12.1 Å². The highest BCUT2D eigenvalue weighted by Gasteiger charge is 2.41. The Hall–Kier alpha value is -1.94. The Morgan fingerprint density at radius 1 is 1.28 bits per heavy atom. The molecule has 1 aliphatic rings. The maximum atomic E-state index is 14.9. The van der Waals surface area contributed by atoms with Crippen LogP contribution in [0.15, 0.2) is 30.3 Å². The Morgan fingerprint density at radius 3 is 2.64 bits per heavy atom. The molecule has 36 heavy (non-hydrogen) atoms. The van der Waals surface area contributed by atoms with E-state index in [9.17, 15) is 23.5 Å². The first kappa shape index (κ1) is 28.6. The third-order valence-corrected chi connectivity index (χ3v) is 7.38. The van der Waals surface area contributed by atoms with Gasteiger partial charge in [0.15, 0.2) is 0 Å². The van der Waals surface area contributed by atoms with E-state index in [1.165, 1.54) is 22.3 Å². The van der Waals surface area contributed by atoms with Crippen molar-refractivity contribution in [1.29, 1.82) is 0 Å². The fourth-order valence-electron chi connectivity index (χ4n) is 4.03. The second kappa shape index (κ2) is 12.5. The molecule has 0 spiro atoms. The lowest BCUT2D eigenvalue weighted by Gasteiger charge is -2.36. The van der Waals surface area contributed by atoms with Crippen molar-refractivity contribution in [1.82, 2.24) is 4.90 Å². The van der Waals surface area contributed by atoms with Crippen molar-refractivity contribution < 1.29 is 33.0 Å². The van der Waals surface area contributed by atoms with Gasteiger partial charge in [-0.1, -0.05) is 23.2 Å². The highest BCUT2D eigenvalue weighted by molar-refractivity contribution is 7.13. The van der Waals surface area contributed by atoms with Gasteiger partial charge in [-0.25, -0.2) is 9.59 Å². The minimum Gasteiger partial charge on any atom is -0.459 e. The van der Waals surface area contributed by atoms with Crippen LogP contribution in [0.1, 0.15) is 59.6 Å². The molecule has 1 aromatic carbocycles. The van der Waals surface area contributed by atoms with E-state index in [0.29, 0.717) is 30.7 Å². The number of aryl methyl sites for hydroxylation is 1. The van der Waals surface area contributed by atoms with Crippen molar-refractivity contribution in [2.24, 2.45) is 0 Å². The first-order chi connectivity index (χ1) is 17.0. The summed E-state index contributed by atoms with van der Waals surface area (Å²) in [5.74, 6) is -3.92. The topological polar surface area (TPSA) is 76.1 Å². The molecule has 2 aromatic rings. The molecule has 3 rings (SSSR count). The predicted molar refractivity (Wildman–Crippen MR) is 135 cm³/mol. The fourth-order valence-corrected chi connectivity index (χ4v) is 5.49. The summed E-state index contributed by atoms with van der Waals surface area (Å²) in [6, 6.07) is 6.75. The Kier molecular flexibility index (Phi) is 9.97. The number of nitrogens with zero attached hydrogens (tertiary/aromatic N) is 1. The summed E-state index contributed by atoms with van der Waals surface area (Å²) in [5.41, 5.74) is -0.458. The number of esters is 1. The van der Waals surface area contributed by atoms with Gasteiger partial charge in [0.2, 0.25) is 0 Å². The number of ether oxygens (including phenoxy) is 2. The average molecular weight is 564 g/mol. The molecule has 1 fully saturated rings. The zero-order valence-electron chi connectivity index (χ0n) is 20.0. The average Bonchev–Trinajstić information content (AvgIpc) is 3.27. The van der Waals surface area contributed by atoms with Gasteiger partial charge < -0.3 is 19.5 Å². The van der Waals surface area contributed by atoms with E-state index in [1.54, 1.807) is 19.9 Å². The number of hydrogen-bond acceptors (Lipinski definition) is 6. The van der Waals surface area contributed by atoms with E-state index in [1.807, 2.05) is 6.07 Å². The summed E-state index contributed by atoms with van der Waals surface area (Å²) in [6.45, 7) is 4.13. The van der Waals surface area contributed by atoms with Gasteiger partial charge in [-0.3, -0.25) is 0 Å². The van der Waals surface area contributed by atoms with Crippen molar-refractivity contribution in [3.8, 4) is 0 Å². The van der Waals surface area contributed by atoms with Crippen LogP contribution in [0, 0.1) is 0 Å². The van der Waals surface area contributed by atoms with Crippen LogP contribution >= 0.6 is 34.5 Å². The van der Waals surface area contributed by atoms with Gasteiger partial charge in [-0.2, -0.15) is 8.78 Å². The number of rotatable bonds is 11. The number of thiophene rings is 1. The van der Waals surface area contributed by atoms with E-state index in [-0.39, 0.29) is 47.6 Å². The van der Waals surface area contributed by atoms with Crippen molar-refractivity contribution in [2.45, 2.75) is 70.1 Å². The van der Waals surface area contributed by atoms with Crippen molar-refractivity contribution in [3.05, 3.63) is 55.7 Å². The van der Waals surface area contributed by atoms with E-state index >= 15 is 0 Å². The van der Waals surface area contributed by atoms with Gasteiger partial charge in [0.25, 0.3) is 5.92 Å². The smallest absolute Gasteiger partial charge is 0.410 e. The first-order valence-electron chi connectivity index (χ1n) is 11.7. The molecule has 1 aromatic heterocycles. The van der Waals surface area contributed by atoms with Crippen LogP contribution in [0.25, 0.3) is 0 Å². The molecule has 2 heterocycles. The van der Waals surface area contributed by atoms with E-state index in [2.05, 4.69) is 0 Å². The maximum Gasteiger partial charge on any atom is 0.410 e. The number of amides is 1. The molecule has 0 bridgehead atoms. The number of aliphatic hydroxyl groups excluding tert-OH is 1. The van der Waals surface area contributed by atoms with Crippen LogP contribution < -0.4 is 0 Å². The van der Waals surface area contributed by atoms with Crippen LogP contribution in [0.2, 0.25) is 10.0 Å². The highest BCUT2D eigenvalue weighted by atomic mass is 35.5. The molecule has 0 aliphatic carbocycles. The molecule has 1 amide bonds. The summed E-state index contributed by atoms with van der Waals surface area (Å²) in [6.07, 6.45) is -0.994. The number of benzene rings is 1. The Labute approximate surface area is 223 Å². The van der Waals surface area contributed by atoms with Crippen LogP contribution in [0.5, 0.6) is 0 Å². The molecule has 1 saturated heterocycles. The lowest BCUT2D eigenvalue weighted by Crippen LogP contribution is -2.47. The van der Waals surface area contributed by atoms with Gasteiger partial charge in [0.05, 0.1) is 12.7 Å². The SMILES string of the molecule is CC(C)OC(=O)c1ccc(CCCN2C(=O)OCC[C@@H]2CC[C@@H](O)C(F)(F)c2cc(Cl)cc(Cl)c2)s1. The second-order valence-corrected chi connectivity index (χ2v) is 11.0. The molecule has 0 radical (unpaired) electrons. The van der Waals surface area contributed by atoms with Gasteiger partial charge in [0.1, 0.15) is 11.0 Å². The monoisotopic (exact) mass is 563 g/mol. The normalized spacial score (nSPS) is 17.3. The quantitative estimate of drug-likeness (QED) is 0.308. The molecular formula is C25H29Cl2F2NO5S. The summed E-state index contributed by atoms with van der Waals surface area (Å²) in [7, 11) is 0. The third-order valence-electron chi connectivity index (χ3n) is 5.82. The highest BCUT2D eigenvalue weighted by Crippen LogP contribution is 2.37. The molecule has 0 unspecified atom stereocenters. The molecule has 11 heteroatoms. The van der Waals surface area contributed by atoms with Gasteiger partial charge in [0, 0.05) is 39.5 Å². The Bertz CT molecular complexity index is 1040.